The molecule has 0 aromatic carbocycles. The van der Waals surface area contributed by atoms with Crippen molar-refractivity contribution in [3.8, 4) is 24.4 Å². The summed E-state index contributed by atoms with van der Waals surface area (Å²) in [5.41, 5.74) is 0. The van der Waals surface area contributed by atoms with Crippen molar-refractivity contribution in [2.45, 2.75) is 6.42 Å². The zero-order valence-electron chi connectivity index (χ0n) is 3.23. The van der Waals surface area contributed by atoms with Crippen molar-refractivity contribution in [3.05, 3.63) is 0 Å². The van der Waals surface area contributed by atoms with Crippen LogP contribution >= 0.6 is 0 Å². The van der Waals surface area contributed by atoms with Crippen molar-refractivity contribution in [1.29, 1.82) is 0 Å². The van der Waals surface area contributed by atoms with Gasteiger partial charge in [0.2, 0.25) is 0 Å². The minimum Gasteiger partial charge on any atom is -0.462 e. The SMILES string of the molecule is C#CCC#CO. The number of terminal acetylenes is 1. The Hall–Kier alpha value is -1.08. The Morgan fingerprint density at radius 1 is 1.67 bits per heavy atom. The summed E-state index contributed by atoms with van der Waals surface area (Å²) in [6.45, 7) is 0. The molecular weight excluding hydrogens is 76.1 g/mol. The second-order valence-electron chi connectivity index (χ2n) is 0.669. The Bertz CT molecular complexity index is 108. The molecule has 0 aliphatic rings. The Kier molecular flexibility index (Phi) is 3.21. The summed E-state index contributed by atoms with van der Waals surface area (Å²) in [6.07, 6.45) is 6.76. The molecule has 0 spiro atoms. The quantitative estimate of drug-likeness (QED) is 0.416. The fourth-order valence-electron chi connectivity index (χ4n) is 0.0906. The van der Waals surface area contributed by atoms with E-state index in [4.69, 9.17) is 11.5 Å². The molecule has 30 valence electrons. The van der Waals surface area contributed by atoms with Crippen LogP contribution < -0.4 is 0 Å². The molecule has 0 aliphatic carbocycles. The summed E-state index contributed by atoms with van der Waals surface area (Å²) in [4.78, 5) is 0. The second-order valence-corrected chi connectivity index (χ2v) is 0.669. The van der Waals surface area contributed by atoms with E-state index in [2.05, 4.69) is 11.8 Å². The normalized spacial score (nSPS) is 4.50. The lowest BCUT2D eigenvalue weighted by Crippen LogP contribution is -1.53. The highest BCUT2D eigenvalue weighted by molar-refractivity contribution is 5.02. The van der Waals surface area contributed by atoms with E-state index in [1.165, 1.54) is 0 Å². The van der Waals surface area contributed by atoms with Crippen LogP contribution in [0.2, 0.25) is 0 Å². The molecule has 0 fully saturated rings. The van der Waals surface area contributed by atoms with Gasteiger partial charge >= 0.3 is 0 Å². The zero-order valence-corrected chi connectivity index (χ0v) is 3.23. The minimum absolute atomic E-state index is 0.330. The van der Waals surface area contributed by atoms with Gasteiger partial charge in [-0.1, -0.05) is 5.92 Å². The maximum absolute atomic E-state index is 7.74. The molecular formula is C5H4O. The monoisotopic (exact) mass is 80.0 g/mol. The minimum atomic E-state index is 0.330. The van der Waals surface area contributed by atoms with Crippen molar-refractivity contribution in [2.24, 2.45) is 0 Å². The van der Waals surface area contributed by atoms with Gasteiger partial charge in [0.1, 0.15) is 6.11 Å². The number of rotatable bonds is 0. The van der Waals surface area contributed by atoms with Gasteiger partial charge in [-0.2, -0.15) is 0 Å². The van der Waals surface area contributed by atoms with Crippen LogP contribution in [0.5, 0.6) is 0 Å². The van der Waals surface area contributed by atoms with E-state index >= 15 is 0 Å². The van der Waals surface area contributed by atoms with Crippen LogP contribution in [0.4, 0.5) is 0 Å². The summed E-state index contributed by atoms with van der Waals surface area (Å²) in [5.74, 6) is 4.50. The lowest BCUT2D eigenvalue weighted by atomic mass is 10.5. The van der Waals surface area contributed by atoms with Gasteiger partial charge in [0.25, 0.3) is 0 Å². The maximum Gasteiger partial charge on any atom is 0.108 e. The summed E-state index contributed by atoms with van der Waals surface area (Å²) in [7, 11) is 0. The van der Waals surface area contributed by atoms with E-state index in [1.807, 2.05) is 0 Å². The Balaban J connectivity index is 3.07. The lowest BCUT2D eigenvalue weighted by Gasteiger charge is -1.59. The number of hydrogen-bond acceptors (Lipinski definition) is 1. The van der Waals surface area contributed by atoms with Gasteiger partial charge < -0.3 is 5.11 Å². The first-order valence-corrected chi connectivity index (χ1v) is 1.47. The van der Waals surface area contributed by atoms with E-state index in [0.29, 0.717) is 6.42 Å². The standard InChI is InChI=1S/C5H4O/c1-2-3-4-5-6/h1,6H,3H2. The highest BCUT2D eigenvalue weighted by Crippen LogP contribution is 1.62. The molecule has 0 atom stereocenters. The fraction of sp³-hybridized carbons (Fsp3) is 0.200. The molecule has 0 aromatic heterocycles. The topological polar surface area (TPSA) is 20.2 Å². The molecule has 0 saturated heterocycles. The number of aliphatic hydroxyl groups excluding tert-OH is 1. The van der Waals surface area contributed by atoms with Gasteiger partial charge in [0.05, 0.1) is 6.42 Å². The maximum atomic E-state index is 7.74. The molecule has 0 amide bonds. The summed E-state index contributed by atoms with van der Waals surface area (Å²) in [6, 6.07) is 0. The smallest absolute Gasteiger partial charge is 0.108 e. The van der Waals surface area contributed by atoms with Crippen LogP contribution in [0.1, 0.15) is 6.42 Å². The Morgan fingerprint density at radius 2 is 2.33 bits per heavy atom. The number of aliphatic hydroxyl groups is 1. The van der Waals surface area contributed by atoms with Crippen LogP contribution in [-0.4, -0.2) is 5.11 Å². The van der Waals surface area contributed by atoms with Crippen LogP contribution in [0.25, 0.3) is 0 Å². The van der Waals surface area contributed by atoms with Crippen LogP contribution in [-0.2, 0) is 0 Å². The van der Waals surface area contributed by atoms with E-state index < -0.39 is 0 Å². The molecule has 0 heterocycles. The molecule has 1 N–H and O–H groups in total. The van der Waals surface area contributed by atoms with Crippen molar-refractivity contribution in [3.63, 3.8) is 0 Å². The zero-order chi connectivity index (χ0) is 4.83. The van der Waals surface area contributed by atoms with E-state index in [-0.39, 0.29) is 0 Å². The molecule has 0 radical (unpaired) electrons. The van der Waals surface area contributed by atoms with Crippen molar-refractivity contribution in [1.82, 2.24) is 0 Å². The van der Waals surface area contributed by atoms with Gasteiger partial charge in [-0.05, 0) is 5.92 Å². The van der Waals surface area contributed by atoms with Crippen molar-refractivity contribution in [2.75, 3.05) is 0 Å². The fourth-order valence-corrected chi connectivity index (χ4v) is 0.0906. The molecule has 0 bridgehead atoms. The van der Waals surface area contributed by atoms with Crippen molar-refractivity contribution >= 4 is 0 Å². The summed E-state index contributed by atoms with van der Waals surface area (Å²) >= 11 is 0. The molecule has 0 saturated carbocycles. The average molecular weight is 80.1 g/mol. The first kappa shape index (κ1) is 4.92. The molecule has 0 unspecified atom stereocenters. The van der Waals surface area contributed by atoms with Crippen LogP contribution in [0, 0.1) is 24.4 Å². The third-order valence-electron chi connectivity index (χ3n) is 0.270. The number of hydrogen-bond donors (Lipinski definition) is 1. The van der Waals surface area contributed by atoms with E-state index in [9.17, 15) is 0 Å². The van der Waals surface area contributed by atoms with E-state index in [1.54, 1.807) is 6.11 Å². The largest absolute Gasteiger partial charge is 0.462 e. The highest BCUT2D eigenvalue weighted by Gasteiger charge is 1.56. The summed E-state index contributed by atoms with van der Waals surface area (Å²) < 4.78 is 0. The van der Waals surface area contributed by atoms with Gasteiger partial charge in [0, 0.05) is 0 Å². The van der Waals surface area contributed by atoms with Crippen molar-refractivity contribution < 1.29 is 5.11 Å². The third-order valence-corrected chi connectivity index (χ3v) is 0.270. The molecule has 0 aliphatic heterocycles. The first-order valence-electron chi connectivity index (χ1n) is 1.47. The lowest BCUT2D eigenvalue weighted by molar-refractivity contribution is 0.516. The Labute approximate surface area is 37.0 Å². The van der Waals surface area contributed by atoms with E-state index in [0.717, 1.165) is 0 Å². The van der Waals surface area contributed by atoms with Crippen LogP contribution in [0.15, 0.2) is 0 Å². The molecule has 6 heavy (non-hydrogen) atoms. The van der Waals surface area contributed by atoms with Gasteiger partial charge in [0.15, 0.2) is 0 Å². The predicted molar refractivity (Wildman–Crippen MR) is 23.2 cm³/mol. The average Bonchev–Trinajstić information content (AvgIpc) is 1.61. The third kappa shape index (κ3) is 2.92. The molecule has 1 nitrogen and oxygen atoms in total. The van der Waals surface area contributed by atoms with Gasteiger partial charge in [-0.15, -0.1) is 6.42 Å². The van der Waals surface area contributed by atoms with Gasteiger partial charge in [-0.25, -0.2) is 0 Å². The Morgan fingerprint density at radius 3 is 2.50 bits per heavy atom. The predicted octanol–water partition coefficient (Wildman–Crippen LogP) is 0.343. The second kappa shape index (κ2) is 3.92. The summed E-state index contributed by atoms with van der Waals surface area (Å²) in [5, 5.41) is 7.74. The first-order chi connectivity index (χ1) is 2.91. The molecule has 0 rings (SSSR count). The highest BCUT2D eigenvalue weighted by atomic mass is 16.2. The van der Waals surface area contributed by atoms with Gasteiger partial charge in [-0.3, -0.25) is 0 Å². The van der Waals surface area contributed by atoms with Crippen LogP contribution in [0.3, 0.4) is 0 Å². The molecule has 1 heteroatoms. The molecule has 0 aromatic rings.